The SMILES string of the molecule is CSc1ccc(-c2cc(-n3ccc(C(F)(F)F)n3)c3ccccc3n2)cc1. The van der Waals surface area contributed by atoms with Gasteiger partial charge in [0.05, 0.1) is 16.9 Å². The molecule has 0 N–H and O–H groups in total. The molecule has 0 spiro atoms. The molecule has 3 nitrogen and oxygen atoms in total. The molecule has 27 heavy (non-hydrogen) atoms. The number of benzene rings is 2. The molecule has 2 aromatic heterocycles. The van der Waals surface area contributed by atoms with E-state index in [2.05, 4.69) is 10.1 Å². The maximum atomic E-state index is 13.0. The summed E-state index contributed by atoms with van der Waals surface area (Å²) in [5.74, 6) is 0. The van der Waals surface area contributed by atoms with Crippen molar-refractivity contribution in [1.29, 1.82) is 0 Å². The molecule has 2 aromatic carbocycles. The molecule has 0 amide bonds. The molecule has 0 unspecified atom stereocenters. The highest BCUT2D eigenvalue weighted by atomic mass is 32.2. The van der Waals surface area contributed by atoms with Crippen LogP contribution in [0.15, 0.2) is 71.8 Å². The summed E-state index contributed by atoms with van der Waals surface area (Å²) in [5, 5.41) is 4.46. The lowest BCUT2D eigenvalue weighted by atomic mass is 10.1. The number of thioether (sulfide) groups is 1. The van der Waals surface area contributed by atoms with Crippen LogP contribution in [0.3, 0.4) is 0 Å². The minimum Gasteiger partial charge on any atom is -0.248 e. The van der Waals surface area contributed by atoms with E-state index in [0.717, 1.165) is 21.9 Å². The van der Waals surface area contributed by atoms with Gasteiger partial charge in [0.1, 0.15) is 0 Å². The Bertz CT molecular complexity index is 1100. The van der Waals surface area contributed by atoms with Crippen molar-refractivity contribution in [2.45, 2.75) is 11.1 Å². The van der Waals surface area contributed by atoms with Crippen LogP contribution in [0.1, 0.15) is 5.69 Å². The first-order valence-electron chi connectivity index (χ1n) is 8.13. The molecule has 0 radical (unpaired) electrons. The second-order valence-electron chi connectivity index (χ2n) is 5.92. The molecule has 0 saturated heterocycles. The van der Waals surface area contributed by atoms with E-state index < -0.39 is 11.9 Å². The van der Waals surface area contributed by atoms with Gasteiger partial charge in [0.2, 0.25) is 0 Å². The number of alkyl halides is 3. The molecule has 136 valence electrons. The van der Waals surface area contributed by atoms with Crippen molar-refractivity contribution in [3.8, 4) is 16.9 Å². The third-order valence-electron chi connectivity index (χ3n) is 4.21. The molecule has 0 fully saturated rings. The highest BCUT2D eigenvalue weighted by Gasteiger charge is 2.33. The van der Waals surface area contributed by atoms with E-state index in [9.17, 15) is 13.2 Å². The van der Waals surface area contributed by atoms with Gasteiger partial charge in [0, 0.05) is 22.0 Å². The Hall–Kier alpha value is -2.80. The third kappa shape index (κ3) is 3.42. The number of rotatable bonds is 3. The molecule has 4 aromatic rings. The van der Waals surface area contributed by atoms with Gasteiger partial charge >= 0.3 is 6.18 Å². The summed E-state index contributed by atoms with van der Waals surface area (Å²) in [4.78, 5) is 5.80. The fraction of sp³-hybridized carbons (Fsp3) is 0.100. The number of aromatic nitrogens is 3. The van der Waals surface area contributed by atoms with Crippen molar-refractivity contribution in [1.82, 2.24) is 14.8 Å². The largest absolute Gasteiger partial charge is 0.435 e. The van der Waals surface area contributed by atoms with Crippen LogP contribution in [-0.4, -0.2) is 21.0 Å². The Morgan fingerprint density at radius 3 is 2.37 bits per heavy atom. The maximum absolute atomic E-state index is 13.0. The Kier molecular flexibility index (Phi) is 4.39. The number of hydrogen-bond donors (Lipinski definition) is 0. The first-order chi connectivity index (χ1) is 13.0. The maximum Gasteiger partial charge on any atom is 0.435 e. The van der Waals surface area contributed by atoms with Gasteiger partial charge in [0.15, 0.2) is 5.69 Å². The zero-order valence-corrected chi connectivity index (χ0v) is 15.1. The average Bonchev–Trinajstić information content (AvgIpc) is 3.18. The van der Waals surface area contributed by atoms with Crippen LogP contribution in [0.2, 0.25) is 0 Å². The van der Waals surface area contributed by atoms with E-state index in [0.29, 0.717) is 16.9 Å². The van der Waals surface area contributed by atoms with E-state index in [-0.39, 0.29) is 0 Å². The van der Waals surface area contributed by atoms with Crippen molar-refractivity contribution in [3.05, 3.63) is 72.6 Å². The lowest BCUT2D eigenvalue weighted by Crippen LogP contribution is -2.07. The molecule has 0 aliphatic rings. The van der Waals surface area contributed by atoms with E-state index >= 15 is 0 Å². The number of halogens is 3. The molecule has 0 aliphatic carbocycles. The van der Waals surface area contributed by atoms with Crippen LogP contribution in [0.4, 0.5) is 13.2 Å². The lowest BCUT2D eigenvalue weighted by molar-refractivity contribution is -0.141. The van der Waals surface area contributed by atoms with Gasteiger partial charge in [-0.3, -0.25) is 0 Å². The molecular formula is C20H14F3N3S. The van der Waals surface area contributed by atoms with Gasteiger partial charge in [-0.1, -0.05) is 30.3 Å². The quantitative estimate of drug-likeness (QED) is 0.416. The second kappa shape index (κ2) is 6.74. The predicted molar refractivity (Wildman–Crippen MR) is 101 cm³/mol. The monoisotopic (exact) mass is 385 g/mol. The summed E-state index contributed by atoms with van der Waals surface area (Å²) < 4.78 is 40.1. The van der Waals surface area contributed by atoms with Gasteiger partial charge < -0.3 is 0 Å². The third-order valence-corrected chi connectivity index (χ3v) is 4.95. The first-order valence-corrected chi connectivity index (χ1v) is 9.35. The van der Waals surface area contributed by atoms with Gasteiger partial charge in [-0.05, 0) is 36.6 Å². The molecule has 7 heteroatoms. The van der Waals surface area contributed by atoms with Crippen molar-refractivity contribution < 1.29 is 13.2 Å². The van der Waals surface area contributed by atoms with Crippen LogP contribution in [0.25, 0.3) is 27.8 Å². The summed E-state index contributed by atoms with van der Waals surface area (Å²) in [6, 6.07) is 18.0. The predicted octanol–water partition coefficient (Wildman–Crippen LogP) is 5.83. The Morgan fingerprint density at radius 1 is 0.963 bits per heavy atom. The fourth-order valence-corrected chi connectivity index (χ4v) is 3.27. The molecule has 0 atom stereocenters. The minimum atomic E-state index is -4.48. The lowest BCUT2D eigenvalue weighted by Gasteiger charge is -2.11. The van der Waals surface area contributed by atoms with Crippen LogP contribution in [0, 0.1) is 0 Å². The van der Waals surface area contributed by atoms with Crippen LogP contribution in [-0.2, 0) is 6.18 Å². The first kappa shape index (κ1) is 17.6. The normalized spacial score (nSPS) is 11.9. The molecule has 4 rings (SSSR count). The standard InChI is InChI=1S/C20H14F3N3S/c1-27-14-8-6-13(7-9-14)17-12-18(15-4-2-3-5-16(15)24-17)26-11-10-19(25-26)20(21,22)23/h2-12H,1H3. The Balaban J connectivity index is 1.89. The van der Waals surface area contributed by atoms with Crippen molar-refractivity contribution >= 4 is 22.7 Å². The second-order valence-corrected chi connectivity index (χ2v) is 6.80. The number of nitrogens with zero attached hydrogens (tertiary/aromatic N) is 3. The molecule has 0 saturated carbocycles. The number of pyridine rings is 1. The van der Waals surface area contributed by atoms with Crippen LogP contribution in [0.5, 0.6) is 0 Å². The Morgan fingerprint density at radius 2 is 1.70 bits per heavy atom. The van der Waals surface area contributed by atoms with E-state index in [1.165, 1.54) is 10.9 Å². The smallest absolute Gasteiger partial charge is 0.248 e. The van der Waals surface area contributed by atoms with Crippen LogP contribution < -0.4 is 0 Å². The zero-order valence-electron chi connectivity index (χ0n) is 14.2. The van der Waals surface area contributed by atoms with Crippen molar-refractivity contribution in [3.63, 3.8) is 0 Å². The highest BCUT2D eigenvalue weighted by Crippen LogP contribution is 2.31. The summed E-state index contributed by atoms with van der Waals surface area (Å²) >= 11 is 1.64. The van der Waals surface area contributed by atoms with Gasteiger partial charge in [-0.2, -0.15) is 18.3 Å². The van der Waals surface area contributed by atoms with Crippen molar-refractivity contribution in [2.75, 3.05) is 6.26 Å². The summed E-state index contributed by atoms with van der Waals surface area (Å²) in [5.41, 5.74) is 1.90. The molecule has 2 heterocycles. The van der Waals surface area contributed by atoms with Crippen LogP contribution >= 0.6 is 11.8 Å². The van der Waals surface area contributed by atoms with E-state index in [1.54, 1.807) is 17.8 Å². The summed E-state index contributed by atoms with van der Waals surface area (Å²) in [6.07, 6.45) is -1.16. The van der Waals surface area contributed by atoms with Gasteiger partial charge in [0.25, 0.3) is 0 Å². The van der Waals surface area contributed by atoms with Gasteiger partial charge in [-0.25, -0.2) is 9.67 Å². The summed E-state index contributed by atoms with van der Waals surface area (Å²) in [6.45, 7) is 0. The molecule has 0 bridgehead atoms. The minimum absolute atomic E-state index is 0.556. The van der Waals surface area contributed by atoms with Crippen molar-refractivity contribution in [2.24, 2.45) is 0 Å². The number of hydrogen-bond acceptors (Lipinski definition) is 3. The Labute approximate surface area is 157 Å². The average molecular weight is 385 g/mol. The van der Waals surface area contributed by atoms with E-state index in [1.807, 2.05) is 54.8 Å². The number of para-hydroxylation sites is 1. The van der Waals surface area contributed by atoms with E-state index in [4.69, 9.17) is 0 Å². The topological polar surface area (TPSA) is 30.7 Å². The fourth-order valence-electron chi connectivity index (χ4n) is 2.87. The summed E-state index contributed by atoms with van der Waals surface area (Å²) in [7, 11) is 0. The number of fused-ring (bicyclic) bond motifs is 1. The molecular weight excluding hydrogens is 371 g/mol. The zero-order chi connectivity index (χ0) is 19.0. The highest BCUT2D eigenvalue weighted by molar-refractivity contribution is 7.98. The molecule has 0 aliphatic heterocycles. The van der Waals surface area contributed by atoms with Gasteiger partial charge in [-0.15, -0.1) is 11.8 Å².